The normalized spacial score (nSPS) is 19.9. The average molecular weight is 560 g/mol. The maximum Gasteiger partial charge on any atom is 0.417 e. The highest BCUT2D eigenvalue weighted by Gasteiger charge is 2.45. The summed E-state index contributed by atoms with van der Waals surface area (Å²) in [4.78, 5) is 42.3. The quantitative estimate of drug-likeness (QED) is 0.500. The van der Waals surface area contributed by atoms with Gasteiger partial charge in [0.1, 0.15) is 5.75 Å². The average Bonchev–Trinajstić information content (AvgIpc) is 2.83. The number of likely N-dealkylation sites (tertiary alicyclic amines) is 1. The molecule has 218 valence electrons. The Morgan fingerprint density at radius 2 is 1.95 bits per heavy atom. The first-order chi connectivity index (χ1) is 18.1. The lowest BCUT2D eigenvalue weighted by Crippen LogP contribution is -2.54. The molecule has 10 nitrogen and oxygen atoms in total. The molecule has 3 amide bonds. The highest BCUT2D eigenvalue weighted by Crippen LogP contribution is 2.44. The molecule has 1 fully saturated rings. The number of benzene rings is 1. The lowest BCUT2D eigenvalue weighted by molar-refractivity contribution is -0.138. The van der Waals surface area contributed by atoms with E-state index in [0.717, 1.165) is 17.0 Å². The topological polar surface area (TPSA) is 120 Å². The number of nitrogens with zero attached hydrogens (tertiary/aromatic N) is 3. The maximum atomic E-state index is 14.3. The smallest absolute Gasteiger partial charge is 0.417 e. The molecule has 2 aliphatic rings. The van der Waals surface area contributed by atoms with E-state index in [1.807, 2.05) is 0 Å². The molecule has 0 aromatic heterocycles. The number of amides is 3. The van der Waals surface area contributed by atoms with E-state index in [2.05, 4.69) is 0 Å². The number of alkyl halides is 3. The predicted octanol–water partition coefficient (Wildman–Crippen LogP) is 3.60. The van der Waals surface area contributed by atoms with Gasteiger partial charge in [-0.2, -0.15) is 13.2 Å². The lowest BCUT2D eigenvalue weighted by atomic mass is 9.96. The number of carbonyl (C=O) groups is 3. The van der Waals surface area contributed by atoms with E-state index in [-0.39, 0.29) is 44.1 Å². The molecule has 1 unspecified atom stereocenters. The molecule has 1 aromatic carbocycles. The fourth-order valence-electron chi connectivity index (χ4n) is 5.12. The number of carboxylic acid groups (broad SMARTS) is 1. The van der Waals surface area contributed by atoms with Crippen molar-refractivity contribution in [2.75, 3.05) is 38.3 Å². The highest BCUT2D eigenvalue weighted by atomic mass is 19.4. The molecule has 39 heavy (non-hydrogen) atoms. The fourth-order valence-corrected chi connectivity index (χ4v) is 5.12. The Hall–Kier alpha value is -3.06. The molecule has 13 heteroatoms. The van der Waals surface area contributed by atoms with E-state index in [4.69, 9.17) is 9.47 Å². The van der Waals surface area contributed by atoms with Gasteiger partial charge in [0.2, 0.25) is 0 Å². The summed E-state index contributed by atoms with van der Waals surface area (Å²) in [6, 6.07) is 0.587. The Morgan fingerprint density at radius 3 is 2.51 bits per heavy atom. The maximum absolute atomic E-state index is 14.3. The molecule has 0 spiro atoms. The summed E-state index contributed by atoms with van der Waals surface area (Å²) in [5, 5.41) is 19.6. The molecule has 0 saturated carbocycles. The first-order valence-corrected chi connectivity index (χ1v) is 12.8. The minimum absolute atomic E-state index is 0.00360. The second-order valence-corrected chi connectivity index (χ2v) is 10.7. The van der Waals surface area contributed by atoms with Crippen LogP contribution in [0.4, 0.5) is 23.7 Å². The lowest BCUT2D eigenvalue weighted by Gasteiger charge is -2.42. The van der Waals surface area contributed by atoms with Gasteiger partial charge >= 0.3 is 12.3 Å². The molecule has 2 heterocycles. The van der Waals surface area contributed by atoms with E-state index in [0.29, 0.717) is 12.8 Å². The standard InChI is InChI=1S/C26H36F3N3O7/c1-15(2)32(16-7-6-9-30(13-16)24(36)37)22(34)18-11-20-21(12-19(18)26(27,28)29)39-25(3,4)23(35)31(20)10-8-17(33)14-38-5/h11-12,15-17,33H,6-10,13-14H2,1-5H3,(H,36,37)/t16-,17?/m1/s1. The van der Waals surface area contributed by atoms with Crippen LogP contribution in [-0.4, -0.2) is 95.1 Å². The minimum atomic E-state index is -4.92. The summed E-state index contributed by atoms with van der Waals surface area (Å²) < 4.78 is 53.6. The van der Waals surface area contributed by atoms with Crippen LogP contribution in [0.3, 0.4) is 0 Å². The fraction of sp³-hybridized carbons (Fsp3) is 0.654. The van der Waals surface area contributed by atoms with E-state index in [1.54, 1.807) is 13.8 Å². The summed E-state index contributed by atoms with van der Waals surface area (Å²) in [5.41, 5.74) is -3.38. The van der Waals surface area contributed by atoms with Crippen molar-refractivity contribution in [3.8, 4) is 5.75 Å². The van der Waals surface area contributed by atoms with Gasteiger partial charge in [-0.25, -0.2) is 4.79 Å². The molecule has 1 aromatic rings. The number of fused-ring (bicyclic) bond motifs is 1. The number of methoxy groups -OCH3 is 1. The first-order valence-electron chi connectivity index (χ1n) is 12.8. The molecule has 2 N–H and O–H groups in total. The van der Waals surface area contributed by atoms with Gasteiger partial charge in [0.05, 0.1) is 35.6 Å². The van der Waals surface area contributed by atoms with Crippen LogP contribution >= 0.6 is 0 Å². The summed E-state index contributed by atoms with van der Waals surface area (Å²) in [6.45, 7) is 6.38. The van der Waals surface area contributed by atoms with Crippen molar-refractivity contribution in [1.82, 2.24) is 9.80 Å². The third-order valence-electron chi connectivity index (χ3n) is 6.95. The Morgan fingerprint density at radius 1 is 1.28 bits per heavy atom. The van der Waals surface area contributed by atoms with Gasteiger partial charge in [0, 0.05) is 32.8 Å². The number of halogens is 3. The van der Waals surface area contributed by atoms with Crippen molar-refractivity contribution in [1.29, 1.82) is 0 Å². The Balaban J connectivity index is 2.11. The second-order valence-electron chi connectivity index (χ2n) is 10.7. The number of carbonyl (C=O) groups excluding carboxylic acids is 2. The van der Waals surface area contributed by atoms with Gasteiger partial charge in [0.15, 0.2) is 5.60 Å². The van der Waals surface area contributed by atoms with Crippen LogP contribution in [0.15, 0.2) is 12.1 Å². The zero-order chi connectivity index (χ0) is 29.3. The number of aliphatic hydroxyl groups excluding tert-OH is 1. The first kappa shape index (κ1) is 30.5. The van der Waals surface area contributed by atoms with Crippen molar-refractivity contribution in [2.24, 2.45) is 0 Å². The van der Waals surface area contributed by atoms with E-state index in [1.165, 1.54) is 30.8 Å². The van der Waals surface area contributed by atoms with Crippen molar-refractivity contribution < 1.29 is 47.2 Å². The molecule has 3 rings (SSSR count). The van der Waals surface area contributed by atoms with Gasteiger partial charge in [-0.3, -0.25) is 9.59 Å². The van der Waals surface area contributed by atoms with Crippen molar-refractivity contribution in [2.45, 2.75) is 76.9 Å². The largest absolute Gasteiger partial charge is 0.476 e. The van der Waals surface area contributed by atoms with Crippen LogP contribution in [0.25, 0.3) is 0 Å². The van der Waals surface area contributed by atoms with Crippen LogP contribution in [-0.2, 0) is 15.7 Å². The number of ether oxygens (including phenoxy) is 2. The SMILES string of the molecule is COCC(O)CCN1C(=O)C(C)(C)Oc2cc(C(F)(F)F)c(C(=O)N(C(C)C)[C@@H]3CCCN(C(=O)O)C3)cc21. The summed E-state index contributed by atoms with van der Waals surface area (Å²) in [5.74, 6) is -1.67. The van der Waals surface area contributed by atoms with Crippen LogP contribution in [0.5, 0.6) is 5.75 Å². The van der Waals surface area contributed by atoms with Crippen molar-refractivity contribution in [3.63, 3.8) is 0 Å². The minimum Gasteiger partial charge on any atom is -0.476 e. The molecule has 2 atom stereocenters. The highest BCUT2D eigenvalue weighted by molar-refractivity contribution is 6.05. The number of aliphatic hydroxyl groups is 1. The number of anilines is 1. The van der Waals surface area contributed by atoms with E-state index >= 15 is 0 Å². The van der Waals surface area contributed by atoms with Gasteiger partial charge in [-0.05, 0) is 59.1 Å². The molecular weight excluding hydrogens is 523 g/mol. The zero-order valence-corrected chi connectivity index (χ0v) is 22.7. The Bertz CT molecular complexity index is 1090. The van der Waals surface area contributed by atoms with Crippen LogP contribution in [0.2, 0.25) is 0 Å². The third-order valence-corrected chi connectivity index (χ3v) is 6.95. The van der Waals surface area contributed by atoms with E-state index in [9.17, 15) is 37.8 Å². The summed E-state index contributed by atoms with van der Waals surface area (Å²) >= 11 is 0. The van der Waals surface area contributed by atoms with Crippen molar-refractivity contribution in [3.05, 3.63) is 23.3 Å². The Kier molecular flexibility index (Phi) is 9.06. The number of rotatable bonds is 8. The Labute approximate surface area is 225 Å². The van der Waals surface area contributed by atoms with Gasteiger partial charge in [-0.1, -0.05) is 0 Å². The molecule has 2 aliphatic heterocycles. The summed E-state index contributed by atoms with van der Waals surface area (Å²) in [6.07, 6.45) is -6.04. The second kappa shape index (κ2) is 11.6. The van der Waals surface area contributed by atoms with Crippen LogP contribution < -0.4 is 9.64 Å². The van der Waals surface area contributed by atoms with Gasteiger partial charge < -0.3 is 34.4 Å². The van der Waals surface area contributed by atoms with Gasteiger partial charge in [0.25, 0.3) is 11.8 Å². The van der Waals surface area contributed by atoms with Gasteiger partial charge in [-0.15, -0.1) is 0 Å². The molecule has 1 saturated heterocycles. The molecule has 0 aliphatic carbocycles. The predicted molar refractivity (Wildman–Crippen MR) is 135 cm³/mol. The molecule has 0 radical (unpaired) electrons. The summed E-state index contributed by atoms with van der Waals surface area (Å²) in [7, 11) is 1.40. The third kappa shape index (κ3) is 6.57. The van der Waals surface area contributed by atoms with E-state index < -0.39 is 59.0 Å². The zero-order valence-electron chi connectivity index (χ0n) is 22.7. The van der Waals surface area contributed by atoms with Crippen LogP contribution in [0.1, 0.15) is 62.9 Å². The van der Waals surface area contributed by atoms with Crippen LogP contribution in [0, 0.1) is 0 Å². The molecule has 0 bridgehead atoms. The number of hydrogen-bond acceptors (Lipinski definition) is 6. The monoisotopic (exact) mass is 559 g/mol. The van der Waals surface area contributed by atoms with Crippen molar-refractivity contribution >= 4 is 23.6 Å². The number of hydrogen-bond donors (Lipinski definition) is 2. The molecular formula is C26H36F3N3O7. The number of piperidine rings is 1.